The molecule has 1 aromatic heterocycles. The predicted molar refractivity (Wildman–Crippen MR) is 110 cm³/mol. The number of carbonyl (C=O) groups excluding carboxylic acids is 2. The van der Waals surface area contributed by atoms with Crippen LogP contribution >= 0.6 is 11.3 Å². The molecule has 1 heterocycles. The van der Waals surface area contributed by atoms with Crippen molar-refractivity contribution in [3.05, 3.63) is 51.2 Å². The standard InChI is InChI=1S/C21H27N3O2S/c1-21(2,3)15-6-9-17-14(10-15)11-18(27-17)19(25)23-12-13-4-7-16(8-5-13)24-20(22)26/h4-5,7-8,11,15H,6,9-10,12H2,1-3H3,(H,23,25)(H3,22,24,26). The summed E-state index contributed by atoms with van der Waals surface area (Å²) in [5, 5.41) is 5.50. The Morgan fingerprint density at radius 1 is 1.22 bits per heavy atom. The Bertz CT molecular complexity index is 834. The van der Waals surface area contributed by atoms with E-state index in [2.05, 4.69) is 37.5 Å². The first kappa shape index (κ1) is 19.4. The second kappa shape index (κ2) is 7.72. The zero-order valence-electron chi connectivity index (χ0n) is 16.1. The van der Waals surface area contributed by atoms with Gasteiger partial charge >= 0.3 is 6.03 Å². The molecule has 1 unspecified atom stereocenters. The number of thiophene rings is 1. The van der Waals surface area contributed by atoms with Crippen molar-refractivity contribution in [1.29, 1.82) is 0 Å². The van der Waals surface area contributed by atoms with Crippen LogP contribution < -0.4 is 16.4 Å². The van der Waals surface area contributed by atoms with Gasteiger partial charge in [-0.2, -0.15) is 0 Å². The SMILES string of the molecule is CC(C)(C)C1CCc2sc(C(=O)NCc3ccc(NC(N)=O)cc3)cc2C1. The summed E-state index contributed by atoms with van der Waals surface area (Å²) >= 11 is 1.63. The third-order valence-corrected chi connectivity index (χ3v) is 6.44. The van der Waals surface area contributed by atoms with Crippen molar-refractivity contribution in [3.63, 3.8) is 0 Å². The summed E-state index contributed by atoms with van der Waals surface area (Å²) in [6, 6.07) is 8.74. The number of nitrogens with two attached hydrogens (primary N) is 1. The lowest BCUT2D eigenvalue weighted by molar-refractivity contribution is 0.0955. The second-order valence-corrected chi connectivity index (χ2v) is 9.37. The number of hydrogen-bond donors (Lipinski definition) is 3. The molecule has 5 nitrogen and oxygen atoms in total. The number of fused-ring (bicyclic) bond motifs is 1. The van der Waals surface area contributed by atoms with E-state index < -0.39 is 6.03 Å². The van der Waals surface area contributed by atoms with Crippen LogP contribution in [0.4, 0.5) is 10.5 Å². The van der Waals surface area contributed by atoms with E-state index in [0.717, 1.165) is 23.3 Å². The predicted octanol–water partition coefficient (Wildman–Crippen LogP) is 4.32. The minimum atomic E-state index is -0.591. The molecule has 3 amide bonds. The number of urea groups is 1. The maximum Gasteiger partial charge on any atom is 0.316 e. The van der Waals surface area contributed by atoms with Gasteiger partial charge in [-0.25, -0.2) is 4.79 Å². The highest BCUT2D eigenvalue weighted by atomic mass is 32.1. The Morgan fingerprint density at radius 3 is 2.56 bits per heavy atom. The van der Waals surface area contributed by atoms with Crippen molar-refractivity contribution in [2.75, 3.05) is 5.32 Å². The zero-order chi connectivity index (χ0) is 19.6. The highest BCUT2D eigenvalue weighted by molar-refractivity contribution is 7.14. The van der Waals surface area contributed by atoms with Gasteiger partial charge in [0, 0.05) is 17.1 Å². The Labute approximate surface area is 164 Å². The molecule has 27 heavy (non-hydrogen) atoms. The Morgan fingerprint density at radius 2 is 1.93 bits per heavy atom. The first-order valence-electron chi connectivity index (χ1n) is 9.27. The second-order valence-electron chi connectivity index (χ2n) is 8.23. The van der Waals surface area contributed by atoms with Crippen molar-refractivity contribution in [2.24, 2.45) is 17.1 Å². The van der Waals surface area contributed by atoms with E-state index >= 15 is 0 Å². The maximum atomic E-state index is 12.6. The summed E-state index contributed by atoms with van der Waals surface area (Å²) in [4.78, 5) is 25.5. The molecule has 0 radical (unpaired) electrons. The molecular formula is C21H27N3O2S. The molecule has 6 heteroatoms. The lowest BCUT2D eigenvalue weighted by Gasteiger charge is -2.33. The number of rotatable bonds is 4. The molecule has 144 valence electrons. The Balaban J connectivity index is 1.59. The molecule has 1 aromatic carbocycles. The smallest absolute Gasteiger partial charge is 0.316 e. The fraction of sp³-hybridized carbons (Fsp3) is 0.429. The van der Waals surface area contributed by atoms with Gasteiger partial charge in [-0.15, -0.1) is 11.3 Å². The lowest BCUT2D eigenvalue weighted by atomic mass is 9.72. The largest absolute Gasteiger partial charge is 0.351 e. The number of hydrogen-bond acceptors (Lipinski definition) is 3. The van der Waals surface area contributed by atoms with Crippen LogP contribution in [0.1, 0.15) is 52.9 Å². The van der Waals surface area contributed by atoms with Gasteiger partial charge in [-0.05, 0) is 59.9 Å². The van der Waals surface area contributed by atoms with E-state index in [9.17, 15) is 9.59 Å². The molecule has 1 aliphatic rings. The van der Waals surface area contributed by atoms with Gasteiger partial charge in [-0.1, -0.05) is 32.9 Å². The molecule has 2 aromatic rings. The van der Waals surface area contributed by atoms with Crippen LogP contribution in [0.25, 0.3) is 0 Å². The van der Waals surface area contributed by atoms with Crippen LogP contribution in [0.5, 0.6) is 0 Å². The van der Waals surface area contributed by atoms with E-state index in [4.69, 9.17) is 5.73 Å². The van der Waals surface area contributed by atoms with Gasteiger partial charge in [0.2, 0.25) is 0 Å². The monoisotopic (exact) mass is 385 g/mol. The highest BCUT2D eigenvalue weighted by Crippen LogP contribution is 2.40. The number of anilines is 1. The molecule has 0 bridgehead atoms. The molecule has 3 rings (SSSR count). The topological polar surface area (TPSA) is 84.2 Å². The number of amides is 3. The van der Waals surface area contributed by atoms with E-state index in [-0.39, 0.29) is 5.91 Å². The zero-order valence-corrected chi connectivity index (χ0v) is 16.9. The quantitative estimate of drug-likeness (QED) is 0.732. The summed E-state index contributed by atoms with van der Waals surface area (Å²) < 4.78 is 0. The third kappa shape index (κ3) is 4.89. The van der Waals surface area contributed by atoms with Crippen LogP contribution in [0.15, 0.2) is 30.3 Å². The fourth-order valence-electron chi connectivity index (χ4n) is 3.49. The summed E-state index contributed by atoms with van der Waals surface area (Å²) in [6.07, 6.45) is 3.34. The first-order valence-corrected chi connectivity index (χ1v) is 10.1. The number of benzene rings is 1. The van der Waals surface area contributed by atoms with Gasteiger partial charge < -0.3 is 16.4 Å². The average Bonchev–Trinajstić information content (AvgIpc) is 3.03. The van der Waals surface area contributed by atoms with Gasteiger partial charge in [0.15, 0.2) is 0 Å². The van der Waals surface area contributed by atoms with E-state index in [0.29, 0.717) is 23.6 Å². The van der Waals surface area contributed by atoms with E-state index in [1.807, 2.05) is 12.1 Å². The summed E-state index contributed by atoms with van der Waals surface area (Å²) in [6.45, 7) is 7.34. The van der Waals surface area contributed by atoms with Crippen molar-refractivity contribution in [1.82, 2.24) is 5.32 Å². The molecule has 4 N–H and O–H groups in total. The summed E-state index contributed by atoms with van der Waals surface area (Å²) in [5.74, 6) is 0.643. The lowest BCUT2D eigenvalue weighted by Crippen LogP contribution is -2.26. The minimum Gasteiger partial charge on any atom is -0.351 e. The molecule has 1 atom stereocenters. The van der Waals surface area contributed by atoms with Gasteiger partial charge in [0.05, 0.1) is 4.88 Å². The number of aryl methyl sites for hydroxylation is 1. The number of primary amides is 1. The molecule has 0 fully saturated rings. The maximum absolute atomic E-state index is 12.6. The molecule has 0 saturated carbocycles. The first-order chi connectivity index (χ1) is 12.7. The average molecular weight is 386 g/mol. The van der Waals surface area contributed by atoms with E-state index in [1.54, 1.807) is 23.5 Å². The number of carbonyl (C=O) groups is 2. The van der Waals surface area contributed by atoms with Gasteiger partial charge in [-0.3, -0.25) is 4.79 Å². The normalized spacial score (nSPS) is 16.5. The van der Waals surface area contributed by atoms with Crippen molar-refractivity contribution >= 4 is 29.0 Å². The molecular weight excluding hydrogens is 358 g/mol. The highest BCUT2D eigenvalue weighted by Gasteiger charge is 2.30. The van der Waals surface area contributed by atoms with Gasteiger partial charge in [0.25, 0.3) is 5.91 Å². The minimum absolute atomic E-state index is 0.0268. The van der Waals surface area contributed by atoms with Crippen LogP contribution in [0.2, 0.25) is 0 Å². The van der Waals surface area contributed by atoms with Crippen LogP contribution in [-0.4, -0.2) is 11.9 Å². The number of nitrogens with one attached hydrogen (secondary N) is 2. The van der Waals surface area contributed by atoms with Crippen molar-refractivity contribution in [3.8, 4) is 0 Å². The fourth-order valence-corrected chi connectivity index (χ4v) is 4.62. The Hall–Kier alpha value is -2.34. The molecule has 1 aliphatic carbocycles. The summed E-state index contributed by atoms with van der Waals surface area (Å²) in [5.41, 5.74) is 8.34. The van der Waals surface area contributed by atoms with Crippen LogP contribution in [-0.2, 0) is 19.4 Å². The van der Waals surface area contributed by atoms with Crippen LogP contribution in [0, 0.1) is 11.3 Å². The summed E-state index contributed by atoms with van der Waals surface area (Å²) in [7, 11) is 0. The molecule has 0 aliphatic heterocycles. The molecule has 0 saturated heterocycles. The van der Waals surface area contributed by atoms with Crippen LogP contribution in [0.3, 0.4) is 0 Å². The Kier molecular flexibility index (Phi) is 5.56. The third-order valence-electron chi connectivity index (χ3n) is 5.21. The van der Waals surface area contributed by atoms with Gasteiger partial charge in [0.1, 0.15) is 0 Å². The van der Waals surface area contributed by atoms with Crippen molar-refractivity contribution < 1.29 is 9.59 Å². The van der Waals surface area contributed by atoms with Crippen molar-refractivity contribution in [2.45, 2.75) is 46.6 Å². The molecule has 0 spiro atoms. The van der Waals surface area contributed by atoms with E-state index in [1.165, 1.54) is 16.9 Å².